The normalized spacial score (nSPS) is 24.1. The molecule has 104 valence electrons. The summed E-state index contributed by atoms with van der Waals surface area (Å²) >= 11 is 0. The molecule has 1 saturated heterocycles. The van der Waals surface area contributed by atoms with Crippen LogP contribution in [0, 0.1) is 5.92 Å². The summed E-state index contributed by atoms with van der Waals surface area (Å²) < 4.78 is 18.7. The van der Waals surface area contributed by atoms with Crippen molar-refractivity contribution >= 4 is 5.97 Å². The van der Waals surface area contributed by atoms with Crippen LogP contribution < -0.4 is 0 Å². The standard InChI is InChI=1S/C15H20FNO2/c1-12(18)19-11-14-10-17(8-7-15(14)16)9-13-5-3-2-4-6-13/h2-6,14-15H,7-11H2,1H3/t14-,15+/m0/s1. The number of ether oxygens (including phenoxy) is 1. The van der Waals surface area contributed by atoms with Crippen molar-refractivity contribution in [3.05, 3.63) is 35.9 Å². The lowest BCUT2D eigenvalue weighted by molar-refractivity contribution is -0.143. The van der Waals surface area contributed by atoms with Crippen LogP contribution in [0.3, 0.4) is 0 Å². The van der Waals surface area contributed by atoms with Crippen LogP contribution in [0.25, 0.3) is 0 Å². The summed E-state index contributed by atoms with van der Waals surface area (Å²) in [6.07, 6.45) is -0.356. The van der Waals surface area contributed by atoms with E-state index in [1.807, 2.05) is 18.2 Å². The molecule has 4 heteroatoms. The Labute approximate surface area is 113 Å². The number of likely N-dealkylation sites (tertiary alicyclic amines) is 1. The Morgan fingerprint density at radius 1 is 1.42 bits per heavy atom. The van der Waals surface area contributed by atoms with Crippen molar-refractivity contribution in [3.63, 3.8) is 0 Å². The Hall–Kier alpha value is -1.42. The number of piperidine rings is 1. The molecule has 3 nitrogen and oxygen atoms in total. The highest BCUT2D eigenvalue weighted by atomic mass is 19.1. The number of carbonyl (C=O) groups excluding carboxylic acids is 1. The van der Waals surface area contributed by atoms with Crippen molar-refractivity contribution < 1.29 is 13.9 Å². The molecule has 1 fully saturated rings. The monoisotopic (exact) mass is 265 g/mol. The fourth-order valence-corrected chi connectivity index (χ4v) is 2.45. The van der Waals surface area contributed by atoms with Crippen LogP contribution in [-0.4, -0.2) is 36.7 Å². The van der Waals surface area contributed by atoms with E-state index in [1.165, 1.54) is 12.5 Å². The van der Waals surface area contributed by atoms with E-state index in [4.69, 9.17) is 4.74 Å². The number of benzene rings is 1. The molecule has 0 radical (unpaired) electrons. The molecule has 0 bridgehead atoms. The molecule has 0 saturated carbocycles. The van der Waals surface area contributed by atoms with Gasteiger partial charge in [-0.3, -0.25) is 9.69 Å². The van der Waals surface area contributed by atoms with Gasteiger partial charge in [-0.2, -0.15) is 0 Å². The summed E-state index contributed by atoms with van der Waals surface area (Å²) in [5.74, 6) is -0.547. The molecule has 0 aliphatic carbocycles. The number of nitrogens with zero attached hydrogens (tertiary/aromatic N) is 1. The van der Waals surface area contributed by atoms with Crippen molar-refractivity contribution in [3.8, 4) is 0 Å². The van der Waals surface area contributed by atoms with Gasteiger partial charge in [-0.1, -0.05) is 30.3 Å². The second kappa shape index (κ2) is 6.66. The molecule has 1 aromatic rings. The minimum atomic E-state index is -0.869. The molecule has 2 rings (SSSR count). The van der Waals surface area contributed by atoms with E-state index in [0.29, 0.717) is 13.0 Å². The molecule has 0 N–H and O–H groups in total. The average Bonchev–Trinajstić information content (AvgIpc) is 2.40. The first-order chi connectivity index (χ1) is 9.15. The lowest BCUT2D eigenvalue weighted by Crippen LogP contribution is -2.43. The van der Waals surface area contributed by atoms with Crippen LogP contribution in [0.15, 0.2) is 30.3 Å². The molecule has 0 amide bonds. The SMILES string of the molecule is CC(=O)OC[C@@H]1CN(Cc2ccccc2)CC[C@H]1F. The van der Waals surface area contributed by atoms with E-state index >= 15 is 0 Å². The molecule has 0 spiro atoms. The first-order valence-corrected chi connectivity index (χ1v) is 6.69. The first-order valence-electron chi connectivity index (χ1n) is 6.69. The summed E-state index contributed by atoms with van der Waals surface area (Å²) in [6.45, 7) is 3.76. The van der Waals surface area contributed by atoms with Crippen molar-refractivity contribution in [2.75, 3.05) is 19.7 Å². The Kier molecular flexibility index (Phi) is 4.91. The Morgan fingerprint density at radius 2 is 2.16 bits per heavy atom. The van der Waals surface area contributed by atoms with Crippen molar-refractivity contribution in [1.29, 1.82) is 0 Å². The summed E-state index contributed by atoms with van der Waals surface area (Å²) in [4.78, 5) is 13.0. The Bertz CT molecular complexity index is 410. The maximum atomic E-state index is 13.8. The van der Waals surface area contributed by atoms with Crippen LogP contribution in [0.4, 0.5) is 4.39 Å². The van der Waals surface area contributed by atoms with Crippen LogP contribution in [0.5, 0.6) is 0 Å². The molecule has 1 aliphatic heterocycles. The molecule has 2 atom stereocenters. The van der Waals surface area contributed by atoms with Crippen LogP contribution in [-0.2, 0) is 16.1 Å². The number of hydrogen-bond acceptors (Lipinski definition) is 3. The molecular weight excluding hydrogens is 245 g/mol. The largest absolute Gasteiger partial charge is 0.465 e. The van der Waals surface area contributed by atoms with Gasteiger partial charge in [0.25, 0.3) is 0 Å². The number of esters is 1. The van der Waals surface area contributed by atoms with Gasteiger partial charge in [0.15, 0.2) is 0 Å². The molecular formula is C15H20FNO2. The van der Waals surface area contributed by atoms with E-state index in [1.54, 1.807) is 0 Å². The second-order valence-electron chi connectivity index (χ2n) is 5.09. The van der Waals surface area contributed by atoms with Crippen molar-refractivity contribution in [2.45, 2.75) is 26.1 Å². The Morgan fingerprint density at radius 3 is 2.84 bits per heavy atom. The van der Waals surface area contributed by atoms with Crippen LogP contribution >= 0.6 is 0 Å². The van der Waals surface area contributed by atoms with Gasteiger partial charge >= 0.3 is 5.97 Å². The summed E-state index contributed by atoms with van der Waals surface area (Å²) in [7, 11) is 0. The van der Waals surface area contributed by atoms with E-state index in [0.717, 1.165) is 13.1 Å². The summed E-state index contributed by atoms with van der Waals surface area (Å²) in [6, 6.07) is 10.1. The third-order valence-corrected chi connectivity index (χ3v) is 3.47. The third-order valence-electron chi connectivity index (χ3n) is 3.47. The average molecular weight is 265 g/mol. The maximum Gasteiger partial charge on any atom is 0.302 e. The molecule has 1 heterocycles. The molecule has 1 aromatic carbocycles. The number of halogens is 1. The molecule has 19 heavy (non-hydrogen) atoms. The van der Waals surface area contributed by atoms with Gasteiger partial charge in [0.1, 0.15) is 6.17 Å². The van der Waals surface area contributed by atoms with Crippen LogP contribution in [0.2, 0.25) is 0 Å². The first kappa shape index (κ1) is 14.0. The van der Waals surface area contributed by atoms with Gasteiger partial charge in [0.2, 0.25) is 0 Å². The number of hydrogen-bond donors (Lipinski definition) is 0. The minimum Gasteiger partial charge on any atom is -0.465 e. The lowest BCUT2D eigenvalue weighted by Gasteiger charge is -2.34. The predicted octanol–water partition coefficient (Wildman–Crippen LogP) is 2.41. The highest BCUT2D eigenvalue weighted by Gasteiger charge is 2.29. The summed E-state index contributed by atoms with van der Waals surface area (Å²) in [5, 5.41) is 0. The van der Waals surface area contributed by atoms with Gasteiger partial charge in [-0.15, -0.1) is 0 Å². The second-order valence-corrected chi connectivity index (χ2v) is 5.09. The minimum absolute atomic E-state index is 0.182. The summed E-state index contributed by atoms with van der Waals surface area (Å²) in [5.41, 5.74) is 1.23. The fraction of sp³-hybridized carbons (Fsp3) is 0.533. The van der Waals surface area contributed by atoms with Crippen molar-refractivity contribution in [2.24, 2.45) is 5.92 Å². The quantitative estimate of drug-likeness (QED) is 0.783. The van der Waals surface area contributed by atoms with E-state index in [9.17, 15) is 9.18 Å². The zero-order chi connectivity index (χ0) is 13.7. The highest BCUT2D eigenvalue weighted by molar-refractivity contribution is 5.65. The Balaban J connectivity index is 1.88. The highest BCUT2D eigenvalue weighted by Crippen LogP contribution is 2.22. The van der Waals surface area contributed by atoms with E-state index in [2.05, 4.69) is 17.0 Å². The lowest BCUT2D eigenvalue weighted by atomic mass is 9.96. The molecule has 0 aromatic heterocycles. The molecule has 0 unspecified atom stereocenters. The van der Waals surface area contributed by atoms with Gasteiger partial charge in [0.05, 0.1) is 6.61 Å². The number of rotatable bonds is 4. The van der Waals surface area contributed by atoms with E-state index in [-0.39, 0.29) is 18.5 Å². The zero-order valence-electron chi connectivity index (χ0n) is 11.2. The number of carbonyl (C=O) groups is 1. The zero-order valence-corrected chi connectivity index (χ0v) is 11.2. The van der Waals surface area contributed by atoms with Gasteiger partial charge in [0, 0.05) is 32.5 Å². The van der Waals surface area contributed by atoms with Gasteiger partial charge in [-0.05, 0) is 12.0 Å². The van der Waals surface area contributed by atoms with Crippen LogP contribution in [0.1, 0.15) is 18.9 Å². The van der Waals surface area contributed by atoms with Crippen molar-refractivity contribution in [1.82, 2.24) is 4.90 Å². The fourth-order valence-electron chi connectivity index (χ4n) is 2.45. The number of alkyl halides is 1. The maximum absolute atomic E-state index is 13.8. The van der Waals surface area contributed by atoms with Gasteiger partial charge < -0.3 is 4.74 Å². The smallest absolute Gasteiger partial charge is 0.302 e. The predicted molar refractivity (Wildman–Crippen MR) is 71.4 cm³/mol. The van der Waals surface area contributed by atoms with Gasteiger partial charge in [-0.25, -0.2) is 4.39 Å². The topological polar surface area (TPSA) is 29.5 Å². The third kappa shape index (κ3) is 4.31. The molecule has 1 aliphatic rings. The van der Waals surface area contributed by atoms with E-state index < -0.39 is 6.17 Å².